The lowest BCUT2D eigenvalue weighted by atomic mass is 10.1. The fourth-order valence-electron chi connectivity index (χ4n) is 4.11. The smallest absolute Gasteiger partial charge is 0.264 e. The molecule has 0 bridgehead atoms. The molecule has 7 nitrogen and oxygen atoms in total. The summed E-state index contributed by atoms with van der Waals surface area (Å²) in [6, 6.07) is 29.4. The highest BCUT2D eigenvalue weighted by Crippen LogP contribution is 2.26. The number of sulfonamides is 1. The number of rotatable bonds is 10. The van der Waals surface area contributed by atoms with Crippen molar-refractivity contribution in [2.75, 3.05) is 22.4 Å². The Balaban J connectivity index is 1.58. The summed E-state index contributed by atoms with van der Waals surface area (Å²) in [4.78, 5) is 27.4. The molecule has 0 aliphatic carbocycles. The molecule has 0 unspecified atom stereocenters. The number of hydrogen-bond acceptors (Lipinski definition) is 5. The summed E-state index contributed by atoms with van der Waals surface area (Å²) in [7, 11) is -4.07. The van der Waals surface area contributed by atoms with Crippen molar-refractivity contribution in [1.29, 1.82) is 0 Å². The molecule has 4 aromatic rings. The topological polar surface area (TPSA) is 95.6 Å². The number of para-hydroxylation sites is 1. The average molecular weight is 574 g/mol. The van der Waals surface area contributed by atoms with Crippen LogP contribution in [0.5, 0.6) is 0 Å². The molecule has 0 aliphatic rings. The fraction of sp³-hybridized carbons (Fsp3) is 0.161. The Morgan fingerprint density at radius 1 is 0.850 bits per heavy atom. The molecule has 9 heteroatoms. The minimum atomic E-state index is -4.07. The first-order valence-corrected chi connectivity index (χ1v) is 15.3. The van der Waals surface area contributed by atoms with Crippen LogP contribution in [0.4, 0.5) is 11.4 Å². The van der Waals surface area contributed by atoms with Gasteiger partial charge in [0.05, 0.1) is 27.9 Å². The minimum absolute atomic E-state index is 0.0772. The van der Waals surface area contributed by atoms with Gasteiger partial charge < -0.3 is 10.6 Å². The molecule has 0 spiro atoms. The summed E-state index contributed by atoms with van der Waals surface area (Å²) in [5, 5.41) is 5.70. The Kier molecular flexibility index (Phi) is 9.29. The molecule has 0 aromatic heterocycles. The van der Waals surface area contributed by atoms with Gasteiger partial charge in [-0.2, -0.15) is 0 Å². The number of aryl methyl sites for hydroxylation is 1. The van der Waals surface area contributed by atoms with Gasteiger partial charge in [-0.25, -0.2) is 8.42 Å². The van der Waals surface area contributed by atoms with Crippen LogP contribution in [0, 0.1) is 6.92 Å². The Morgan fingerprint density at radius 2 is 1.48 bits per heavy atom. The number of carbonyl (C=O) groups excluding carboxylic acids is 2. The normalized spacial score (nSPS) is 11.9. The zero-order chi connectivity index (χ0) is 28.7. The van der Waals surface area contributed by atoms with E-state index in [1.54, 1.807) is 60.7 Å². The van der Waals surface area contributed by atoms with Crippen molar-refractivity contribution in [3.8, 4) is 0 Å². The molecule has 40 heavy (non-hydrogen) atoms. The highest BCUT2D eigenvalue weighted by atomic mass is 32.2. The van der Waals surface area contributed by atoms with Crippen LogP contribution in [-0.2, 0) is 14.8 Å². The first-order valence-electron chi connectivity index (χ1n) is 12.7. The highest BCUT2D eigenvalue weighted by molar-refractivity contribution is 7.98. The Bertz CT molecular complexity index is 1570. The van der Waals surface area contributed by atoms with Gasteiger partial charge in [0.2, 0.25) is 5.91 Å². The van der Waals surface area contributed by atoms with Crippen molar-refractivity contribution in [2.24, 2.45) is 0 Å². The van der Waals surface area contributed by atoms with Crippen molar-refractivity contribution in [1.82, 2.24) is 5.32 Å². The molecule has 2 N–H and O–H groups in total. The van der Waals surface area contributed by atoms with Crippen molar-refractivity contribution < 1.29 is 18.0 Å². The first-order chi connectivity index (χ1) is 19.2. The molecule has 4 rings (SSSR count). The lowest BCUT2D eigenvalue weighted by Gasteiger charge is -2.24. The maximum atomic E-state index is 13.7. The van der Waals surface area contributed by atoms with E-state index >= 15 is 0 Å². The van der Waals surface area contributed by atoms with Crippen molar-refractivity contribution >= 4 is 45.0 Å². The second-order valence-corrected chi connectivity index (χ2v) is 12.0. The number of nitrogens with one attached hydrogen (secondary N) is 2. The van der Waals surface area contributed by atoms with Crippen molar-refractivity contribution in [3.63, 3.8) is 0 Å². The van der Waals surface area contributed by atoms with Gasteiger partial charge in [-0.1, -0.05) is 60.2 Å². The Labute approximate surface area is 239 Å². The van der Waals surface area contributed by atoms with E-state index < -0.39 is 22.5 Å². The van der Waals surface area contributed by atoms with Crippen LogP contribution < -0.4 is 14.9 Å². The van der Waals surface area contributed by atoms with Crippen LogP contribution in [0.3, 0.4) is 0 Å². The molecule has 4 aromatic carbocycles. The largest absolute Gasteiger partial charge is 0.345 e. The number of thioether (sulfide) groups is 1. The predicted octanol–water partition coefficient (Wildman–Crippen LogP) is 6.04. The second-order valence-electron chi connectivity index (χ2n) is 9.22. The third kappa shape index (κ3) is 6.91. The number of nitrogens with zero attached hydrogens (tertiary/aromatic N) is 1. The number of carbonyl (C=O) groups is 2. The zero-order valence-electron chi connectivity index (χ0n) is 22.5. The molecular weight excluding hydrogens is 542 g/mol. The van der Waals surface area contributed by atoms with Gasteiger partial charge >= 0.3 is 0 Å². The lowest BCUT2D eigenvalue weighted by molar-refractivity contribution is -0.114. The summed E-state index contributed by atoms with van der Waals surface area (Å²) >= 11 is 1.51. The maximum absolute atomic E-state index is 13.7. The standard InChI is InChI=1S/C31H31N3O4S2/c1-22-13-15-25(16-14-22)34(40(37,38)27-19-17-26(39-3)18-20-27)21-30(35)33-29-12-8-7-11-28(29)31(36)32-23(2)24-9-5-4-6-10-24/h4-20,23H,21H2,1-3H3,(H,32,36)(H,33,35)/t23-/m1/s1. The zero-order valence-corrected chi connectivity index (χ0v) is 24.1. The van der Waals surface area contributed by atoms with Gasteiger partial charge in [0.1, 0.15) is 6.54 Å². The molecule has 0 radical (unpaired) electrons. The molecule has 0 saturated heterocycles. The van der Waals surface area contributed by atoms with Crippen LogP contribution in [0.25, 0.3) is 0 Å². The molecule has 0 saturated carbocycles. The monoisotopic (exact) mass is 573 g/mol. The van der Waals surface area contributed by atoms with Crippen LogP contribution in [0.1, 0.15) is 34.5 Å². The molecule has 206 valence electrons. The quantitative estimate of drug-likeness (QED) is 0.226. The van der Waals surface area contributed by atoms with E-state index in [-0.39, 0.29) is 28.1 Å². The van der Waals surface area contributed by atoms with Crippen LogP contribution in [0.2, 0.25) is 0 Å². The first kappa shape index (κ1) is 28.9. The van der Waals surface area contributed by atoms with Gasteiger partial charge in [0.15, 0.2) is 0 Å². The van der Waals surface area contributed by atoms with Crippen LogP contribution in [-0.4, -0.2) is 33.0 Å². The van der Waals surface area contributed by atoms with E-state index in [1.807, 2.05) is 50.4 Å². The van der Waals surface area contributed by atoms with Crippen LogP contribution >= 0.6 is 11.8 Å². The number of benzene rings is 4. The van der Waals surface area contributed by atoms with Crippen LogP contribution in [0.15, 0.2) is 113 Å². The molecule has 0 aliphatic heterocycles. The predicted molar refractivity (Wildman–Crippen MR) is 161 cm³/mol. The average Bonchev–Trinajstić information content (AvgIpc) is 2.97. The van der Waals surface area contributed by atoms with E-state index in [9.17, 15) is 18.0 Å². The summed E-state index contributed by atoms with van der Waals surface area (Å²) < 4.78 is 28.5. The summed E-state index contributed by atoms with van der Waals surface area (Å²) in [6.07, 6.45) is 1.91. The Hall–Kier alpha value is -4.08. The molecular formula is C31H31N3O4S2. The number of amides is 2. The van der Waals surface area contributed by atoms with E-state index in [0.29, 0.717) is 5.69 Å². The van der Waals surface area contributed by atoms with E-state index in [1.165, 1.54) is 23.9 Å². The van der Waals surface area contributed by atoms with E-state index in [0.717, 1.165) is 20.3 Å². The lowest BCUT2D eigenvalue weighted by Crippen LogP contribution is -2.38. The van der Waals surface area contributed by atoms with Crippen molar-refractivity contribution in [2.45, 2.75) is 29.7 Å². The highest BCUT2D eigenvalue weighted by Gasteiger charge is 2.28. The number of hydrogen-bond donors (Lipinski definition) is 2. The SMILES string of the molecule is CSc1ccc(S(=O)(=O)N(CC(=O)Nc2ccccc2C(=O)N[C@H](C)c2ccccc2)c2ccc(C)cc2)cc1. The van der Waals surface area contributed by atoms with Gasteiger partial charge in [-0.05, 0) is 74.2 Å². The molecule has 0 heterocycles. The summed E-state index contributed by atoms with van der Waals surface area (Å²) in [5.41, 5.74) is 2.82. The van der Waals surface area contributed by atoms with E-state index in [2.05, 4.69) is 10.6 Å². The van der Waals surface area contributed by atoms with Gasteiger partial charge in [0.25, 0.3) is 15.9 Å². The van der Waals surface area contributed by atoms with Crippen molar-refractivity contribution in [3.05, 3.63) is 120 Å². The molecule has 1 atom stereocenters. The summed E-state index contributed by atoms with van der Waals surface area (Å²) in [6.45, 7) is 3.30. The van der Waals surface area contributed by atoms with Gasteiger partial charge in [-0.3, -0.25) is 13.9 Å². The minimum Gasteiger partial charge on any atom is -0.345 e. The second kappa shape index (κ2) is 12.8. The third-order valence-electron chi connectivity index (χ3n) is 6.35. The van der Waals surface area contributed by atoms with Gasteiger partial charge in [0, 0.05) is 4.90 Å². The molecule has 2 amide bonds. The van der Waals surface area contributed by atoms with E-state index in [4.69, 9.17) is 0 Å². The molecule has 0 fully saturated rings. The summed E-state index contributed by atoms with van der Waals surface area (Å²) in [5.74, 6) is -0.939. The maximum Gasteiger partial charge on any atom is 0.264 e. The Morgan fingerprint density at radius 3 is 2.12 bits per heavy atom. The fourth-order valence-corrected chi connectivity index (χ4v) is 5.94. The number of anilines is 2. The third-order valence-corrected chi connectivity index (χ3v) is 8.88. The van der Waals surface area contributed by atoms with Gasteiger partial charge in [-0.15, -0.1) is 11.8 Å².